The number of carbonyl (C=O) groups excluding carboxylic acids is 2. The predicted octanol–water partition coefficient (Wildman–Crippen LogP) is 2.86. The van der Waals surface area contributed by atoms with E-state index in [1.165, 1.54) is 36.4 Å². The molecule has 8 heteroatoms. The fraction of sp³-hybridized carbons (Fsp3) is 0. The van der Waals surface area contributed by atoms with Crippen LogP contribution in [0, 0.1) is 0 Å². The van der Waals surface area contributed by atoms with Crippen LogP contribution < -0.4 is 16.4 Å². The van der Waals surface area contributed by atoms with Crippen LogP contribution in [0.5, 0.6) is 5.75 Å². The van der Waals surface area contributed by atoms with Crippen LogP contribution in [0.4, 0.5) is 17.1 Å². The van der Waals surface area contributed by atoms with Crippen molar-refractivity contribution in [3.63, 3.8) is 0 Å². The molecule has 0 bridgehead atoms. The molecule has 0 heterocycles. The monoisotopic (exact) mass is 339 g/mol. The second-order valence-corrected chi connectivity index (χ2v) is 5.15. The lowest BCUT2D eigenvalue weighted by atomic mass is 10.2. The number of hydrogen-bond donors (Lipinski definition) is 4. The molecule has 2 amide bonds. The minimum atomic E-state index is -0.967. The number of nitrogens with two attached hydrogens (primary N) is 1. The molecule has 0 atom stereocenters. The summed E-state index contributed by atoms with van der Waals surface area (Å²) in [7, 11) is 0. The van der Waals surface area contributed by atoms with Crippen molar-refractivity contribution in [1.82, 2.24) is 0 Å². The summed E-state index contributed by atoms with van der Waals surface area (Å²) in [5.41, 5.74) is 6.25. The topological polar surface area (TPSA) is 104 Å². The normalized spacial score (nSPS) is 10.1. The molecule has 2 rings (SSSR count). The molecule has 0 unspecified atom stereocenters. The first kappa shape index (κ1) is 15.9. The summed E-state index contributed by atoms with van der Waals surface area (Å²) in [4.78, 5) is 23.6. The van der Waals surface area contributed by atoms with Crippen molar-refractivity contribution < 1.29 is 14.7 Å². The molecule has 114 valence electrons. The van der Waals surface area contributed by atoms with Crippen LogP contribution in [0.2, 0.25) is 10.0 Å². The van der Waals surface area contributed by atoms with Gasteiger partial charge in [-0.25, -0.2) is 0 Å². The smallest absolute Gasteiger partial charge is 0.314 e. The number of hydrogen-bond acceptors (Lipinski definition) is 4. The van der Waals surface area contributed by atoms with Crippen LogP contribution in [0.1, 0.15) is 0 Å². The van der Waals surface area contributed by atoms with Crippen LogP contribution in [0.25, 0.3) is 0 Å². The highest BCUT2D eigenvalue weighted by Gasteiger charge is 2.16. The largest absolute Gasteiger partial charge is 0.506 e. The molecule has 0 saturated heterocycles. The minimum absolute atomic E-state index is 0.0305. The Morgan fingerprint density at radius 3 is 2.36 bits per heavy atom. The number of phenolic OH excluding ortho intramolecular Hbond substituents is 1. The minimum Gasteiger partial charge on any atom is -0.506 e. The number of carbonyl (C=O) groups is 2. The molecule has 0 aromatic heterocycles. The third-order valence-electron chi connectivity index (χ3n) is 2.67. The van der Waals surface area contributed by atoms with Gasteiger partial charge in [-0.15, -0.1) is 0 Å². The van der Waals surface area contributed by atoms with Crippen molar-refractivity contribution in [2.75, 3.05) is 16.4 Å². The number of phenols is 1. The van der Waals surface area contributed by atoms with Crippen LogP contribution in [-0.2, 0) is 9.59 Å². The maximum Gasteiger partial charge on any atom is 0.314 e. The first-order chi connectivity index (χ1) is 10.4. The lowest BCUT2D eigenvalue weighted by molar-refractivity contribution is -0.133. The van der Waals surface area contributed by atoms with Gasteiger partial charge in [0.1, 0.15) is 5.75 Å². The van der Waals surface area contributed by atoms with Gasteiger partial charge in [-0.3, -0.25) is 9.59 Å². The van der Waals surface area contributed by atoms with E-state index in [1.807, 2.05) is 0 Å². The Labute approximate surface area is 135 Å². The fourth-order valence-corrected chi connectivity index (χ4v) is 1.93. The van der Waals surface area contributed by atoms with Gasteiger partial charge in [0.25, 0.3) is 0 Å². The summed E-state index contributed by atoms with van der Waals surface area (Å²) in [6, 6.07) is 8.49. The van der Waals surface area contributed by atoms with E-state index in [0.717, 1.165) is 0 Å². The maximum absolute atomic E-state index is 11.8. The SMILES string of the molecule is Nc1ccc(NC(=O)C(=O)Nc2cc(Cl)ccc2O)cc1Cl. The highest BCUT2D eigenvalue weighted by molar-refractivity contribution is 6.44. The molecule has 22 heavy (non-hydrogen) atoms. The molecule has 0 fully saturated rings. The third-order valence-corrected chi connectivity index (χ3v) is 3.23. The van der Waals surface area contributed by atoms with Gasteiger partial charge in [0.2, 0.25) is 0 Å². The Bertz CT molecular complexity index is 750. The molecule has 6 nitrogen and oxygen atoms in total. The summed E-state index contributed by atoms with van der Waals surface area (Å²) in [6.07, 6.45) is 0. The van der Waals surface area contributed by atoms with E-state index in [2.05, 4.69) is 10.6 Å². The summed E-state index contributed by atoms with van der Waals surface area (Å²) in [6.45, 7) is 0. The van der Waals surface area contributed by atoms with Crippen molar-refractivity contribution in [2.24, 2.45) is 0 Å². The number of anilines is 3. The molecular formula is C14H11Cl2N3O3. The Balaban J connectivity index is 2.07. The van der Waals surface area contributed by atoms with Gasteiger partial charge in [0, 0.05) is 10.7 Å². The number of halogens is 2. The molecule has 0 spiro atoms. The van der Waals surface area contributed by atoms with Crippen molar-refractivity contribution >= 4 is 52.1 Å². The lowest BCUT2D eigenvalue weighted by Gasteiger charge is -2.09. The molecule has 0 aliphatic rings. The van der Waals surface area contributed by atoms with Crippen LogP contribution >= 0.6 is 23.2 Å². The van der Waals surface area contributed by atoms with Crippen molar-refractivity contribution in [3.8, 4) is 5.75 Å². The maximum atomic E-state index is 11.8. The third kappa shape index (κ3) is 3.81. The Kier molecular flexibility index (Phi) is 4.75. The van der Waals surface area contributed by atoms with Crippen molar-refractivity contribution in [1.29, 1.82) is 0 Å². The van der Waals surface area contributed by atoms with Gasteiger partial charge in [-0.2, -0.15) is 0 Å². The lowest BCUT2D eigenvalue weighted by Crippen LogP contribution is -2.29. The molecule has 0 aliphatic heterocycles. The zero-order valence-corrected chi connectivity index (χ0v) is 12.6. The fourth-order valence-electron chi connectivity index (χ4n) is 1.58. The first-order valence-corrected chi connectivity index (χ1v) is 6.78. The molecule has 0 saturated carbocycles. The summed E-state index contributed by atoms with van der Waals surface area (Å²) < 4.78 is 0. The second-order valence-electron chi connectivity index (χ2n) is 4.31. The van der Waals surface area contributed by atoms with E-state index in [9.17, 15) is 14.7 Å². The van der Waals surface area contributed by atoms with E-state index in [4.69, 9.17) is 28.9 Å². The zero-order valence-electron chi connectivity index (χ0n) is 11.1. The number of aromatic hydroxyl groups is 1. The molecule has 5 N–H and O–H groups in total. The highest BCUT2D eigenvalue weighted by atomic mass is 35.5. The van der Waals surface area contributed by atoms with E-state index in [1.54, 1.807) is 0 Å². The van der Waals surface area contributed by atoms with E-state index >= 15 is 0 Å². The molecule has 0 radical (unpaired) electrons. The van der Waals surface area contributed by atoms with E-state index in [-0.39, 0.29) is 16.5 Å². The molecule has 0 aliphatic carbocycles. The van der Waals surface area contributed by atoms with Gasteiger partial charge in [-0.1, -0.05) is 23.2 Å². The predicted molar refractivity (Wildman–Crippen MR) is 86.2 cm³/mol. The molecule has 2 aromatic rings. The van der Waals surface area contributed by atoms with Gasteiger partial charge in [-0.05, 0) is 36.4 Å². The van der Waals surface area contributed by atoms with Crippen LogP contribution in [-0.4, -0.2) is 16.9 Å². The average Bonchev–Trinajstić information content (AvgIpc) is 2.46. The van der Waals surface area contributed by atoms with E-state index < -0.39 is 11.8 Å². The summed E-state index contributed by atoms with van der Waals surface area (Å²) >= 11 is 11.6. The van der Waals surface area contributed by atoms with Crippen LogP contribution in [0.3, 0.4) is 0 Å². The second kappa shape index (κ2) is 6.55. The number of nitrogen functional groups attached to an aromatic ring is 1. The molecule has 2 aromatic carbocycles. The first-order valence-electron chi connectivity index (χ1n) is 6.02. The Morgan fingerprint density at radius 2 is 1.68 bits per heavy atom. The zero-order chi connectivity index (χ0) is 16.3. The standard InChI is InChI=1S/C14H11Cl2N3O3/c15-7-1-4-12(20)11(5-7)19-14(22)13(21)18-8-2-3-10(17)9(16)6-8/h1-6,20H,17H2,(H,18,21)(H,19,22). The highest BCUT2D eigenvalue weighted by Crippen LogP contribution is 2.26. The summed E-state index contributed by atoms with van der Waals surface area (Å²) in [5.74, 6) is -2.10. The number of rotatable bonds is 2. The van der Waals surface area contributed by atoms with Gasteiger partial charge in [0.15, 0.2) is 0 Å². The Hall–Kier alpha value is -2.44. The van der Waals surface area contributed by atoms with E-state index in [0.29, 0.717) is 16.4 Å². The average molecular weight is 340 g/mol. The van der Waals surface area contributed by atoms with Gasteiger partial charge < -0.3 is 21.5 Å². The number of benzene rings is 2. The van der Waals surface area contributed by atoms with Crippen molar-refractivity contribution in [2.45, 2.75) is 0 Å². The summed E-state index contributed by atoms with van der Waals surface area (Å²) in [5, 5.41) is 14.8. The van der Waals surface area contributed by atoms with Gasteiger partial charge in [0.05, 0.1) is 16.4 Å². The van der Waals surface area contributed by atoms with Crippen molar-refractivity contribution in [3.05, 3.63) is 46.4 Å². The van der Waals surface area contributed by atoms with Crippen LogP contribution in [0.15, 0.2) is 36.4 Å². The number of amides is 2. The number of nitrogens with one attached hydrogen (secondary N) is 2. The quantitative estimate of drug-likeness (QED) is 0.383. The molecular weight excluding hydrogens is 329 g/mol. The van der Waals surface area contributed by atoms with Gasteiger partial charge >= 0.3 is 11.8 Å². The Morgan fingerprint density at radius 1 is 1.00 bits per heavy atom.